The zero-order valence-electron chi connectivity index (χ0n) is 10.1. The first-order valence-electron chi connectivity index (χ1n) is 5.99. The molecule has 2 aromatic rings. The van der Waals surface area contributed by atoms with Gasteiger partial charge in [-0.05, 0) is 31.5 Å². The molecule has 0 saturated carbocycles. The summed E-state index contributed by atoms with van der Waals surface area (Å²) in [5.41, 5.74) is 4.37. The lowest BCUT2D eigenvalue weighted by Gasteiger charge is -2.10. The number of ketones is 1. The number of para-hydroxylation sites is 1. The Labute approximate surface area is 101 Å². The molecule has 2 heteroatoms. The molecule has 0 N–H and O–H groups in total. The molecule has 2 nitrogen and oxygen atoms in total. The fourth-order valence-corrected chi connectivity index (χ4v) is 2.69. The van der Waals surface area contributed by atoms with E-state index < -0.39 is 0 Å². The summed E-state index contributed by atoms with van der Waals surface area (Å²) >= 11 is 0. The van der Waals surface area contributed by atoms with Crippen LogP contribution in [0.15, 0.2) is 36.4 Å². The molecular weight excluding hydrogens is 210 g/mol. The van der Waals surface area contributed by atoms with Crippen molar-refractivity contribution in [2.45, 2.75) is 20.3 Å². The number of carbonyl (C=O) groups excluding carboxylic acids is 1. The van der Waals surface area contributed by atoms with Gasteiger partial charge in [0.05, 0.1) is 0 Å². The highest BCUT2D eigenvalue weighted by Crippen LogP contribution is 2.31. The summed E-state index contributed by atoms with van der Waals surface area (Å²) in [7, 11) is 0. The van der Waals surface area contributed by atoms with Crippen molar-refractivity contribution in [1.82, 2.24) is 4.57 Å². The van der Waals surface area contributed by atoms with Gasteiger partial charge in [0.15, 0.2) is 5.78 Å². The van der Waals surface area contributed by atoms with Gasteiger partial charge in [-0.25, -0.2) is 0 Å². The summed E-state index contributed by atoms with van der Waals surface area (Å²) in [5.74, 6) is 0.424. The van der Waals surface area contributed by atoms with Gasteiger partial charge in [0.2, 0.25) is 0 Å². The predicted octanol–water partition coefficient (Wildman–Crippen LogP) is 3.16. The molecule has 0 spiro atoms. The molecule has 1 atom stereocenters. The number of aromatic nitrogens is 1. The van der Waals surface area contributed by atoms with E-state index in [2.05, 4.69) is 23.6 Å². The average Bonchev–Trinajstić information content (AvgIpc) is 2.78. The van der Waals surface area contributed by atoms with E-state index >= 15 is 0 Å². The van der Waals surface area contributed by atoms with E-state index in [4.69, 9.17) is 0 Å². The van der Waals surface area contributed by atoms with Crippen LogP contribution in [-0.4, -0.2) is 10.4 Å². The molecule has 0 aliphatic heterocycles. The van der Waals surface area contributed by atoms with E-state index in [1.807, 2.05) is 31.2 Å². The minimum absolute atomic E-state index is 0.135. The summed E-state index contributed by atoms with van der Waals surface area (Å²) in [6, 6.07) is 12.3. The lowest BCUT2D eigenvalue weighted by atomic mass is 10.1. The molecule has 3 rings (SSSR count). The second kappa shape index (κ2) is 3.59. The van der Waals surface area contributed by atoms with Crippen LogP contribution in [0.1, 0.15) is 28.7 Å². The molecule has 0 radical (unpaired) electrons. The molecule has 86 valence electrons. The van der Waals surface area contributed by atoms with Crippen LogP contribution in [0, 0.1) is 12.8 Å². The fraction of sp³-hybridized carbons (Fsp3) is 0.267. The third-order valence-corrected chi connectivity index (χ3v) is 3.51. The van der Waals surface area contributed by atoms with Crippen LogP contribution in [0.25, 0.3) is 5.69 Å². The van der Waals surface area contributed by atoms with Crippen LogP contribution in [0.4, 0.5) is 0 Å². The SMILES string of the molecule is Cc1cc2c(n1-c1ccccc1)CC(C)C2=O. The van der Waals surface area contributed by atoms with Crippen molar-refractivity contribution in [3.63, 3.8) is 0 Å². The minimum Gasteiger partial charge on any atom is -0.317 e. The van der Waals surface area contributed by atoms with Crippen LogP contribution in [0.3, 0.4) is 0 Å². The maximum absolute atomic E-state index is 12.0. The maximum atomic E-state index is 12.0. The molecule has 0 saturated heterocycles. The number of Topliss-reactive ketones (excluding diaryl/α,β-unsaturated/α-hetero) is 1. The lowest BCUT2D eigenvalue weighted by molar-refractivity contribution is 0.0946. The van der Waals surface area contributed by atoms with Gasteiger partial charge in [0.25, 0.3) is 0 Å². The molecule has 1 aliphatic carbocycles. The topological polar surface area (TPSA) is 22.0 Å². The van der Waals surface area contributed by atoms with Crippen LogP contribution < -0.4 is 0 Å². The Balaban J connectivity index is 2.21. The van der Waals surface area contributed by atoms with E-state index in [1.165, 1.54) is 5.69 Å². The summed E-state index contributed by atoms with van der Waals surface area (Å²) in [5, 5.41) is 0. The van der Waals surface area contributed by atoms with Crippen molar-refractivity contribution >= 4 is 5.78 Å². The molecule has 17 heavy (non-hydrogen) atoms. The van der Waals surface area contributed by atoms with Crippen LogP contribution in [0.2, 0.25) is 0 Å². The second-order valence-electron chi connectivity index (χ2n) is 4.79. The van der Waals surface area contributed by atoms with Crippen molar-refractivity contribution in [3.05, 3.63) is 53.3 Å². The van der Waals surface area contributed by atoms with Gasteiger partial charge in [0.1, 0.15) is 0 Å². The molecule has 1 aromatic carbocycles. The van der Waals surface area contributed by atoms with Gasteiger partial charge in [-0.15, -0.1) is 0 Å². The predicted molar refractivity (Wildman–Crippen MR) is 67.7 cm³/mol. The van der Waals surface area contributed by atoms with Crippen LogP contribution in [0.5, 0.6) is 0 Å². The number of fused-ring (bicyclic) bond motifs is 1. The highest BCUT2D eigenvalue weighted by atomic mass is 16.1. The molecule has 1 aliphatic rings. The van der Waals surface area contributed by atoms with Crippen molar-refractivity contribution in [3.8, 4) is 5.69 Å². The molecule has 1 aromatic heterocycles. The van der Waals surface area contributed by atoms with Gasteiger partial charge in [-0.2, -0.15) is 0 Å². The normalized spacial score (nSPS) is 18.5. The second-order valence-corrected chi connectivity index (χ2v) is 4.79. The fourth-order valence-electron chi connectivity index (χ4n) is 2.69. The first-order chi connectivity index (χ1) is 8.18. The molecule has 0 fully saturated rings. The monoisotopic (exact) mass is 225 g/mol. The molecule has 0 amide bonds. The zero-order valence-corrected chi connectivity index (χ0v) is 10.1. The number of hydrogen-bond donors (Lipinski definition) is 0. The van der Waals surface area contributed by atoms with Gasteiger partial charge >= 0.3 is 0 Å². The van der Waals surface area contributed by atoms with Gasteiger partial charge in [-0.1, -0.05) is 25.1 Å². The smallest absolute Gasteiger partial charge is 0.167 e. The Kier molecular flexibility index (Phi) is 2.18. The molecule has 1 unspecified atom stereocenters. The number of benzene rings is 1. The highest BCUT2D eigenvalue weighted by molar-refractivity contribution is 6.02. The number of carbonyl (C=O) groups is 1. The molecule has 1 heterocycles. The number of rotatable bonds is 1. The van der Waals surface area contributed by atoms with Crippen LogP contribution >= 0.6 is 0 Å². The minimum atomic E-state index is 0.135. The Hall–Kier alpha value is -1.83. The number of hydrogen-bond acceptors (Lipinski definition) is 1. The van der Waals surface area contributed by atoms with E-state index in [0.29, 0.717) is 0 Å². The van der Waals surface area contributed by atoms with E-state index in [0.717, 1.165) is 23.4 Å². The Morgan fingerprint density at radius 2 is 1.94 bits per heavy atom. The number of nitrogens with zero attached hydrogens (tertiary/aromatic N) is 1. The quantitative estimate of drug-likeness (QED) is 0.730. The summed E-state index contributed by atoms with van der Waals surface area (Å²) in [4.78, 5) is 12.0. The molecular formula is C15H15NO. The Morgan fingerprint density at radius 3 is 2.65 bits per heavy atom. The zero-order chi connectivity index (χ0) is 12.0. The van der Waals surface area contributed by atoms with E-state index in [-0.39, 0.29) is 11.7 Å². The average molecular weight is 225 g/mol. The van der Waals surface area contributed by atoms with Crippen molar-refractivity contribution in [1.29, 1.82) is 0 Å². The van der Waals surface area contributed by atoms with Gasteiger partial charge in [0, 0.05) is 28.6 Å². The Morgan fingerprint density at radius 1 is 1.24 bits per heavy atom. The Bertz CT molecular complexity index is 580. The summed E-state index contributed by atoms with van der Waals surface area (Å²) in [6.45, 7) is 4.07. The first kappa shape index (κ1) is 10.3. The van der Waals surface area contributed by atoms with Crippen molar-refractivity contribution < 1.29 is 4.79 Å². The van der Waals surface area contributed by atoms with E-state index in [1.54, 1.807) is 0 Å². The summed E-state index contributed by atoms with van der Waals surface area (Å²) in [6.07, 6.45) is 0.858. The standard InChI is InChI=1S/C15H15NO/c1-10-8-14-13(15(10)17)9-11(2)16(14)12-6-4-3-5-7-12/h3-7,9-10H,8H2,1-2H3. The van der Waals surface area contributed by atoms with Gasteiger partial charge in [-0.3, -0.25) is 4.79 Å². The van der Waals surface area contributed by atoms with Crippen molar-refractivity contribution in [2.24, 2.45) is 5.92 Å². The highest BCUT2D eigenvalue weighted by Gasteiger charge is 2.31. The number of aryl methyl sites for hydroxylation is 1. The third-order valence-electron chi connectivity index (χ3n) is 3.51. The maximum Gasteiger partial charge on any atom is 0.167 e. The summed E-state index contributed by atoms with van der Waals surface area (Å²) < 4.78 is 2.21. The van der Waals surface area contributed by atoms with Crippen LogP contribution in [-0.2, 0) is 6.42 Å². The molecule has 0 bridgehead atoms. The lowest BCUT2D eigenvalue weighted by Crippen LogP contribution is -2.05. The van der Waals surface area contributed by atoms with Crippen molar-refractivity contribution in [2.75, 3.05) is 0 Å². The van der Waals surface area contributed by atoms with Gasteiger partial charge < -0.3 is 4.57 Å². The largest absolute Gasteiger partial charge is 0.317 e. The third kappa shape index (κ3) is 1.44. The first-order valence-corrected chi connectivity index (χ1v) is 5.99. The van der Waals surface area contributed by atoms with E-state index in [9.17, 15) is 4.79 Å².